The number of halogens is 3. The molecule has 0 aliphatic carbocycles. The lowest BCUT2D eigenvalue weighted by Crippen LogP contribution is -2.39. The highest BCUT2D eigenvalue weighted by atomic mass is 19.2. The van der Waals surface area contributed by atoms with E-state index in [1.54, 1.807) is 0 Å². The predicted molar refractivity (Wildman–Crippen MR) is 84.7 cm³/mol. The van der Waals surface area contributed by atoms with Gasteiger partial charge < -0.3 is 15.0 Å². The van der Waals surface area contributed by atoms with Crippen molar-refractivity contribution in [3.8, 4) is 0 Å². The molecule has 0 radical (unpaired) electrons. The number of benzene rings is 1. The molecular weight excluding hydrogens is 337 g/mol. The van der Waals surface area contributed by atoms with Crippen molar-refractivity contribution in [2.24, 2.45) is 0 Å². The molecule has 25 heavy (non-hydrogen) atoms. The Kier molecular flexibility index (Phi) is 5.76. The molecular formula is C17H15F3N2O3. The fourth-order valence-electron chi connectivity index (χ4n) is 2.16. The van der Waals surface area contributed by atoms with Gasteiger partial charge in [0.25, 0.3) is 11.5 Å². The van der Waals surface area contributed by atoms with E-state index in [9.17, 15) is 22.8 Å². The Labute approximate surface area is 141 Å². The largest absolute Gasteiger partial charge is 0.394 e. The van der Waals surface area contributed by atoms with E-state index in [0.717, 1.165) is 16.7 Å². The molecule has 1 amide bonds. The first kappa shape index (κ1) is 18.5. The molecule has 1 heterocycles. The number of carbonyl (C=O) groups excluding carboxylic acids is 1. The normalized spacial score (nSPS) is 11.8. The molecule has 1 aromatic carbocycles. The van der Waals surface area contributed by atoms with Crippen LogP contribution < -0.4 is 10.9 Å². The van der Waals surface area contributed by atoms with Crippen molar-refractivity contribution >= 4 is 5.91 Å². The highest BCUT2D eigenvalue weighted by molar-refractivity contribution is 5.94. The number of carbonyl (C=O) groups is 1. The highest BCUT2D eigenvalue weighted by Crippen LogP contribution is 2.14. The van der Waals surface area contributed by atoms with Gasteiger partial charge in [0.2, 0.25) is 0 Å². The average Bonchev–Trinajstić information content (AvgIpc) is 2.59. The van der Waals surface area contributed by atoms with Crippen molar-refractivity contribution in [3.05, 3.63) is 82.0 Å². The first-order valence-electron chi connectivity index (χ1n) is 7.24. The summed E-state index contributed by atoms with van der Waals surface area (Å²) in [5.41, 5.74) is -0.896. The molecule has 0 unspecified atom stereocenters. The second-order valence-electron chi connectivity index (χ2n) is 5.23. The molecule has 2 aromatic rings. The van der Waals surface area contributed by atoms with Crippen LogP contribution in [0.3, 0.4) is 0 Å². The van der Waals surface area contributed by atoms with Gasteiger partial charge in [-0.3, -0.25) is 9.59 Å². The third-order valence-electron chi connectivity index (χ3n) is 3.46. The summed E-state index contributed by atoms with van der Waals surface area (Å²) in [4.78, 5) is 24.5. The van der Waals surface area contributed by atoms with Crippen LogP contribution in [0.5, 0.6) is 0 Å². The van der Waals surface area contributed by atoms with Crippen LogP contribution in [0, 0.1) is 17.5 Å². The minimum absolute atomic E-state index is 0.0235. The standard InChI is InChI=1S/C17H15F3N2O3/c1-2-11(9-23)21-16(24)12-4-3-5-22(17(12)25)8-10-6-13(18)15(20)14(19)7-10/h2-7,11,23H,1,8-9H2,(H,21,24)/t11-/m1/s1. The molecule has 2 rings (SSSR count). The fourth-order valence-corrected chi connectivity index (χ4v) is 2.16. The monoisotopic (exact) mass is 352 g/mol. The average molecular weight is 352 g/mol. The smallest absolute Gasteiger partial charge is 0.263 e. The third-order valence-corrected chi connectivity index (χ3v) is 3.46. The molecule has 2 N–H and O–H groups in total. The molecule has 1 atom stereocenters. The van der Waals surface area contributed by atoms with Crippen molar-refractivity contribution in [1.82, 2.24) is 9.88 Å². The van der Waals surface area contributed by atoms with Crippen molar-refractivity contribution in [1.29, 1.82) is 0 Å². The van der Waals surface area contributed by atoms with Crippen LogP contribution in [-0.2, 0) is 6.54 Å². The van der Waals surface area contributed by atoms with E-state index in [4.69, 9.17) is 5.11 Å². The number of amides is 1. The summed E-state index contributed by atoms with van der Waals surface area (Å²) in [6, 6.07) is 3.51. The molecule has 0 saturated heterocycles. The summed E-state index contributed by atoms with van der Waals surface area (Å²) < 4.78 is 40.6. The number of aromatic nitrogens is 1. The van der Waals surface area contributed by atoms with E-state index < -0.39 is 35.0 Å². The van der Waals surface area contributed by atoms with Crippen molar-refractivity contribution < 1.29 is 23.1 Å². The number of aliphatic hydroxyl groups is 1. The molecule has 0 bridgehead atoms. The van der Waals surface area contributed by atoms with Gasteiger partial charge in [-0.05, 0) is 29.8 Å². The first-order chi connectivity index (χ1) is 11.9. The van der Waals surface area contributed by atoms with Gasteiger partial charge in [-0.2, -0.15) is 0 Å². The maximum Gasteiger partial charge on any atom is 0.263 e. The van der Waals surface area contributed by atoms with Crippen molar-refractivity contribution in [3.63, 3.8) is 0 Å². The van der Waals surface area contributed by atoms with Crippen LogP contribution in [0.4, 0.5) is 13.2 Å². The molecule has 0 aliphatic heterocycles. The van der Waals surface area contributed by atoms with Crippen LogP contribution in [0.25, 0.3) is 0 Å². The van der Waals surface area contributed by atoms with E-state index in [2.05, 4.69) is 11.9 Å². The first-order valence-corrected chi connectivity index (χ1v) is 7.24. The Morgan fingerprint density at radius 2 is 1.96 bits per heavy atom. The van der Waals surface area contributed by atoms with Crippen LogP contribution in [-0.4, -0.2) is 28.2 Å². The Balaban J connectivity index is 2.31. The van der Waals surface area contributed by atoms with E-state index in [-0.39, 0.29) is 24.3 Å². The van der Waals surface area contributed by atoms with Crippen LogP contribution >= 0.6 is 0 Å². The number of hydrogen-bond acceptors (Lipinski definition) is 3. The van der Waals surface area contributed by atoms with Crippen LogP contribution in [0.15, 0.2) is 47.9 Å². The van der Waals surface area contributed by atoms with Gasteiger partial charge in [-0.1, -0.05) is 6.08 Å². The maximum absolute atomic E-state index is 13.3. The fraction of sp³-hybridized carbons (Fsp3) is 0.176. The Hall–Kier alpha value is -2.87. The number of rotatable bonds is 6. The van der Waals surface area contributed by atoms with Gasteiger partial charge in [-0.25, -0.2) is 13.2 Å². The second kappa shape index (κ2) is 7.80. The quantitative estimate of drug-likeness (QED) is 0.613. The number of nitrogens with one attached hydrogen (secondary N) is 1. The Bertz CT molecular complexity index is 841. The van der Waals surface area contributed by atoms with Crippen molar-refractivity contribution in [2.45, 2.75) is 12.6 Å². The Morgan fingerprint density at radius 1 is 1.32 bits per heavy atom. The topological polar surface area (TPSA) is 71.3 Å². The molecule has 1 aromatic heterocycles. The summed E-state index contributed by atoms with van der Waals surface area (Å²) >= 11 is 0. The zero-order valence-corrected chi connectivity index (χ0v) is 13.0. The zero-order valence-electron chi connectivity index (χ0n) is 13.0. The van der Waals surface area contributed by atoms with Gasteiger partial charge in [0.05, 0.1) is 19.2 Å². The molecule has 5 nitrogen and oxygen atoms in total. The van der Waals surface area contributed by atoms with Gasteiger partial charge in [0.15, 0.2) is 17.5 Å². The Morgan fingerprint density at radius 3 is 2.52 bits per heavy atom. The molecule has 0 aliphatic rings. The van der Waals surface area contributed by atoms with E-state index in [0.29, 0.717) is 0 Å². The second-order valence-corrected chi connectivity index (χ2v) is 5.23. The van der Waals surface area contributed by atoms with E-state index in [1.165, 1.54) is 24.4 Å². The molecule has 0 saturated carbocycles. The van der Waals surface area contributed by atoms with E-state index in [1.807, 2.05) is 0 Å². The van der Waals surface area contributed by atoms with Crippen molar-refractivity contribution in [2.75, 3.05) is 6.61 Å². The SMILES string of the molecule is C=C[C@H](CO)NC(=O)c1cccn(Cc2cc(F)c(F)c(F)c2)c1=O. The minimum atomic E-state index is -1.59. The summed E-state index contributed by atoms with van der Waals surface area (Å²) in [6.45, 7) is 2.80. The van der Waals surface area contributed by atoms with Gasteiger partial charge in [0.1, 0.15) is 5.56 Å². The minimum Gasteiger partial charge on any atom is -0.394 e. The summed E-state index contributed by atoms with van der Waals surface area (Å²) in [6.07, 6.45) is 2.64. The highest BCUT2D eigenvalue weighted by Gasteiger charge is 2.16. The molecule has 0 fully saturated rings. The van der Waals surface area contributed by atoms with Crippen LogP contribution in [0.2, 0.25) is 0 Å². The molecule has 8 heteroatoms. The zero-order chi connectivity index (χ0) is 18.6. The van der Waals surface area contributed by atoms with Gasteiger partial charge in [0, 0.05) is 6.20 Å². The lowest BCUT2D eigenvalue weighted by molar-refractivity contribution is 0.0927. The number of aliphatic hydroxyl groups excluding tert-OH is 1. The predicted octanol–water partition coefficient (Wildman–Crippen LogP) is 1.59. The molecule has 132 valence electrons. The summed E-state index contributed by atoms with van der Waals surface area (Å²) in [5, 5.41) is 11.4. The maximum atomic E-state index is 13.3. The van der Waals surface area contributed by atoms with Gasteiger partial charge >= 0.3 is 0 Å². The lowest BCUT2D eigenvalue weighted by Gasteiger charge is -2.13. The lowest BCUT2D eigenvalue weighted by atomic mass is 10.2. The van der Waals surface area contributed by atoms with Gasteiger partial charge in [-0.15, -0.1) is 6.58 Å². The number of hydrogen-bond donors (Lipinski definition) is 2. The summed E-state index contributed by atoms with van der Waals surface area (Å²) in [7, 11) is 0. The number of nitrogens with zero attached hydrogens (tertiary/aromatic N) is 1. The summed E-state index contributed by atoms with van der Waals surface area (Å²) in [5.74, 6) is -5.05. The number of pyridine rings is 1. The third kappa shape index (κ3) is 4.16. The molecule has 0 spiro atoms. The van der Waals surface area contributed by atoms with Crippen LogP contribution in [0.1, 0.15) is 15.9 Å². The van der Waals surface area contributed by atoms with E-state index >= 15 is 0 Å².